The normalized spacial score (nSPS) is 11.1. The number of carbonyl (C=O) groups is 1. The molecular weight excluding hydrogens is 223 g/mol. The van der Waals surface area contributed by atoms with Gasteiger partial charge in [0, 0.05) is 17.1 Å². The third-order valence-corrected chi connectivity index (χ3v) is 2.63. The minimum absolute atomic E-state index is 0.161. The standard InChI is InChI=1S/C12H13FN2O2/c1-6(2)11-10-8(12(16)17-3)4-7(13)5-9(10)14-15-11/h4-6H,1-3H3,(H,14,15). The second kappa shape index (κ2) is 4.16. The van der Waals surface area contributed by atoms with E-state index in [9.17, 15) is 9.18 Å². The van der Waals surface area contributed by atoms with E-state index in [-0.39, 0.29) is 11.5 Å². The number of methoxy groups -OCH3 is 1. The number of ether oxygens (including phenoxy) is 1. The summed E-state index contributed by atoms with van der Waals surface area (Å²) in [6, 6.07) is 2.47. The molecule has 0 spiro atoms. The third kappa shape index (κ3) is 1.88. The molecule has 1 N–H and O–H groups in total. The van der Waals surface area contributed by atoms with Gasteiger partial charge in [0.15, 0.2) is 0 Å². The van der Waals surface area contributed by atoms with Crippen molar-refractivity contribution in [3.63, 3.8) is 0 Å². The van der Waals surface area contributed by atoms with Gasteiger partial charge in [-0.15, -0.1) is 0 Å². The second-order valence-corrected chi connectivity index (χ2v) is 4.13. The molecule has 0 aliphatic carbocycles. The van der Waals surface area contributed by atoms with Crippen molar-refractivity contribution in [3.05, 3.63) is 29.2 Å². The number of hydrogen-bond acceptors (Lipinski definition) is 3. The summed E-state index contributed by atoms with van der Waals surface area (Å²) in [4.78, 5) is 11.6. The Balaban J connectivity index is 2.78. The molecule has 0 aliphatic heterocycles. The zero-order valence-corrected chi connectivity index (χ0v) is 9.87. The number of aromatic nitrogens is 2. The van der Waals surface area contributed by atoms with E-state index in [1.165, 1.54) is 19.2 Å². The molecule has 0 saturated carbocycles. The molecule has 1 heterocycles. The monoisotopic (exact) mass is 236 g/mol. The van der Waals surface area contributed by atoms with Crippen LogP contribution in [-0.2, 0) is 4.74 Å². The van der Waals surface area contributed by atoms with E-state index in [1.54, 1.807) is 0 Å². The summed E-state index contributed by atoms with van der Waals surface area (Å²) < 4.78 is 18.0. The van der Waals surface area contributed by atoms with Gasteiger partial charge >= 0.3 is 5.97 Å². The quantitative estimate of drug-likeness (QED) is 0.815. The number of carbonyl (C=O) groups excluding carboxylic acids is 1. The molecule has 0 saturated heterocycles. The lowest BCUT2D eigenvalue weighted by Crippen LogP contribution is -2.04. The molecule has 4 nitrogen and oxygen atoms in total. The van der Waals surface area contributed by atoms with Crippen molar-refractivity contribution in [2.45, 2.75) is 19.8 Å². The molecule has 0 amide bonds. The van der Waals surface area contributed by atoms with Crippen molar-refractivity contribution >= 4 is 16.9 Å². The first-order chi connectivity index (χ1) is 8.04. The Morgan fingerprint density at radius 3 is 2.76 bits per heavy atom. The van der Waals surface area contributed by atoms with E-state index >= 15 is 0 Å². The first-order valence-electron chi connectivity index (χ1n) is 5.30. The van der Waals surface area contributed by atoms with E-state index in [2.05, 4.69) is 14.9 Å². The number of rotatable bonds is 2. The number of nitrogens with one attached hydrogen (secondary N) is 1. The molecule has 17 heavy (non-hydrogen) atoms. The smallest absolute Gasteiger partial charge is 0.338 e. The number of benzene rings is 1. The molecule has 0 aliphatic rings. The molecular formula is C12H13FN2O2. The van der Waals surface area contributed by atoms with Crippen LogP contribution in [0, 0.1) is 5.82 Å². The van der Waals surface area contributed by atoms with Crippen molar-refractivity contribution in [3.8, 4) is 0 Å². The Morgan fingerprint density at radius 2 is 2.18 bits per heavy atom. The van der Waals surface area contributed by atoms with E-state index in [0.717, 1.165) is 5.69 Å². The van der Waals surface area contributed by atoms with Gasteiger partial charge < -0.3 is 4.74 Å². The van der Waals surface area contributed by atoms with Crippen LogP contribution in [0.5, 0.6) is 0 Å². The lowest BCUT2D eigenvalue weighted by atomic mass is 10.0. The maximum atomic E-state index is 13.3. The van der Waals surface area contributed by atoms with Crippen LogP contribution in [0.25, 0.3) is 10.9 Å². The summed E-state index contributed by atoms with van der Waals surface area (Å²) in [5.74, 6) is -0.897. The van der Waals surface area contributed by atoms with Crippen molar-refractivity contribution in [2.75, 3.05) is 7.11 Å². The van der Waals surface area contributed by atoms with Crippen LogP contribution in [0.4, 0.5) is 4.39 Å². The molecule has 0 bridgehead atoms. The Bertz CT molecular complexity index is 575. The Labute approximate surface area is 97.8 Å². The summed E-state index contributed by atoms with van der Waals surface area (Å²) >= 11 is 0. The van der Waals surface area contributed by atoms with Crippen LogP contribution in [0.1, 0.15) is 35.8 Å². The number of hydrogen-bond donors (Lipinski definition) is 1. The van der Waals surface area contributed by atoms with Gasteiger partial charge in [-0.1, -0.05) is 13.8 Å². The van der Waals surface area contributed by atoms with Crippen molar-refractivity contribution in [1.29, 1.82) is 0 Å². The number of esters is 1. The highest BCUT2D eigenvalue weighted by atomic mass is 19.1. The highest BCUT2D eigenvalue weighted by Gasteiger charge is 2.19. The molecule has 1 aromatic heterocycles. The maximum Gasteiger partial charge on any atom is 0.338 e. The van der Waals surface area contributed by atoms with Crippen LogP contribution in [0.3, 0.4) is 0 Å². The highest BCUT2D eigenvalue weighted by molar-refractivity contribution is 6.04. The average Bonchev–Trinajstić information content (AvgIpc) is 2.70. The molecule has 0 fully saturated rings. The minimum Gasteiger partial charge on any atom is -0.465 e. The van der Waals surface area contributed by atoms with Crippen LogP contribution in [-0.4, -0.2) is 23.3 Å². The third-order valence-electron chi connectivity index (χ3n) is 2.63. The fraction of sp³-hybridized carbons (Fsp3) is 0.333. The van der Waals surface area contributed by atoms with Crippen molar-refractivity contribution in [2.24, 2.45) is 0 Å². The number of halogens is 1. The molecule has 2 rings (SSSR count). The maximum absolute atomic E-state index is 13.3. The van der Waals surface area contributed by atoms with Gasteiger partial charge in [0.1, 0.15) is 5.82 Å². The van der Waals surface area contributed by atoms with Gasteiger partial charge in [-0.05, 0) is 12.0 Å². The predicted molar refractivity (Wildman–Crippen MR) is 61.5 cm³/mol. The molecule has 2 aromatic rings. The SMILES string of the molecule is COC(=O)c1cc(F)cc2n[nH]c(C(C)C)c12. The first kappa shape index (κ1) is 11.6. The Hall–Kier alpha value is -1.91. The molecule has 0 unspecified atom stereocenters. The molecule has 0 atom stereocenters. The van der Waals surface area contributed by atoms with Crippen LogP contribution < -0.4 is 0 Å². The number of H-pyrrole nitrogens is 1. The highest BCUT2D eigenvalue weighted by Crippen LogP contribution is 2.27. The van der Waals surface area contributed by atoms with Gasteiger partial charge in [0.05, 0.1) is 18.2 Å². The molecule has 1 aromatic carbocycles. The number of nitrogens with zero attached hydrogens (tertiary/aromatic N) is 1. The summed E-state index contributed by atoms with van der Waals surface area (Å²) in [5, 5.41) is 7.47. The number of aromatic amines is 1. The van der Waals surface area contributed by atoms with E-state index in [4.69, 9.17) is 0 Å². The fourth-order valence-electron chi connectivity index (χ4n) is 1.83. The minimum atomic E-state index is -0.558. The summed E-state index contributed by atoms with van der Waals surface area (Å²) in [7, 11) is 1.27. The lowest BCUT2D eigenvalue weighted by molar-refractivity contribution is 0.0602. The van der Waals surface area contributed by atoms with Gasteiger partial charge in [-0.2, -0.15) is 5.10 Å². The summed E-state index contributed by atoms with van der Waals surface area (Å²) in [5.41, 5.74) is 1.45. The van der Waals surface area contributed by atoms with Crippen LogP contribution in [0.2, 0.25) is 0 Å². The largest absolute Gasteiger partial charge is 0.465 e. The zero-order chi connectivity index (χ0) is 12.6. The Kier molecular flexibility index (Phi) is 2.83. The molecule has 5 heteroatoms. The van der Waals surface area contributed by atoms with Crippen LogP contribution >= 0.6 is 0 Å². The summed E-state index contributed by atoms with van der Waals surface area (Å²) in [6.45, 7) is 3.94. The molecule has 0 radical (unpaired) electrons. The number of fused-ring (bicyclic) bond motifs is 1. The first-order valence-corrected chi connectivity index (χ1v) is 5.30. The van der Waals surface area contributed by atoms with Gasteiger partial charge in [-0.25, -0.2) is 9.18 Å². The van der Waals surface area contributed by atoms with E-state index in [0.29, 0.717) is 10.9 Å². The van der Waals surface area contributed by atoms with Gasteiger partial charge in [-0.3, -0.25) is 5.10 Å². The van der Waals surface area contributed by atoms with Gasteiger partial charge in [0.25, 0.3) is 0 Å². The second-order valence-electron chi connectivity index (χ2n) is 4.13. The average molecular weight is 236 g/mol. The topological polar surface area (TPSA) is 55.0 Å². The fourth-order valence-corrected chi connectivity index (χ4v) is 1.83. The van der Waals surface area contributed by atoms with E-state index in [1.807, 2.05) is 13.8 Å². The molecule has 90 valence electrons. The predicted octanol–water partition coefficient (Wildman–Crippen LogP) is 2.61. The lowest BCUT2D eigenvalue weighted by Gasteiger charge is -2.06. The van der Waals surface area contributed by atoms with Gasteiger partial charge in [0.2, 0.25) is 0 Å². The van der Waals surface area contributed by atoms with Crippen LogP contribution in [0.15, 0.2) is 12.1 Å². The van der Waals surface area contributed by atoms with Crippen molar-refractivity contribution in [1.82, 2.24) is 10.2 Å². The van der Waals surface area contributed by atoms with E-state index < -0.39 is 11.8 Å². The summed E-state index contributed by atoms with van der Waals surface area (Å²) in [6.07, 6.45) is 0. The zero-order valence-electron chi connectivity index (χ0n) is 9.87. The Morgan fingerprint density at radius 1 is 1.47 bits per heavy atom. The van der Waals surface area contributed by atoms with Crippen molar-refractivity contribution < 1.29 is 13.9 Å².